The highest BCUT2D eigenvalue weighted by molar-refractivity contribution is 7.89. The third kappa shape index (κ3) is 7.44. The average molecular weight is 476 g/mol. The maximum absolute atomic E-state index is 12.5. The van der Waals surface area contributed by atoms with Crippen LogP contribution in [-0.2, 0) is 14.8 Å². The monoisotopic (exact) mass is 475 g/mol. The van der Waals surface area contributed by atoms with E-state index in [1.807, 2.05) is 13.0 Å². The minimum Gasteiger partial charge on any atom is -0.490 e. The van der Waals surface area contributed by atoms with E-state index in [1.165, 1.54) is 37.4 Å². The lowest BCUT2D eigenvalue weighted by molar-refractivity contribution is -0.137. The van der Waals surface area contributed by atoms with Gasteiger partial charge in [0, 0.05) is 12.6 Å². The van der Waals surface area contributed by atoms with Gasteiger partial charge in [-0.05, 0) is 61.4 Å². The fraction of sp³-hybridized carbons (Fsp3) is 0.333. The maximum atomic E-state index is 12.5. The average Bonchev–Trinajstić information content (AvgIpc) is 2.78. The molecule has 0 aliphatic rings. The molecular formula is C24H29NO7S. The Hall–Kier alpha value is -3.17. The number of sulfonamides is 1. The van der Waals surface area contributed by atoms with Gasteiger partial charge in [0.15, 0.2) is 17.3 Å². The number of hydrogen-bond donors (Lipinski definition) is 1. The normalized spacial score (nSPS) is 11.6. The van der Waals surface area contributed by atoms with Crippen molar-refractivity contribution in [1.82, 2.24) is 4.31 Å². The molecule has 0 fully saturated rings. The van der Waals surface area contributed by atoms with Crippen molar-refractivity contribution in [3.8, 4) is 11.5 Å². The molecule has 0 aliphatic carbocycles. The molecule has 2 aromatic carbocycles. The number of likely N-dealkylation sites (N-methyl/N-ethyl adjacent to an activating group) is 1. The zero-order valence-electron chi connectivity index (χ0n) is 19.0. The predicted molar refractivity (Wildman–Crippen MR) is 125 cm³/mol. The van der Waals surface area contributed by atoms with Gasteiger partial charge >= 0.3 is 5.97 Å². The Kier molecular flexibility index (Phi) is 9.62. The van der Waals surface area contributed by atoms with E-state index < -0.39 is 22.5 Å². The van der Waals surface area contributed by atoms with E-state index in [4.69, 9.17) is 14.6 Å². The molecule has 0 saturated carbocycles. The molecule has 0 heterocycles. The summed E-state index contributed by atoms with van der Waals surface area (Å²) < 4.78 is 36.9. The Morgan fingerprint density at radius 1 is 1.03 bits per heavy atom. The fourth-order valence-electron chi connectivity index (χ4n) is 2.86. The molecule has 0 bridgehead atoms. The van der Waals surface area contributed by atoms with Crippen molar-refractivity contribution in [1.29, 1.82) is 0 Å². The van der Waals surface area contributed by atoms with Crippen molar-refractivity contribution in [3.05, 3.63) is 59.7 Å². The van der Waals surface area contributed by atoms with Crippen LogP contribution >= 0.6 is 0 Å². The van der Waals surface area contributed by atoms with Gasteiger partial charge in [-0.1, -0.05) is 25.5 Å². The zero-order chi connectivity index (χ0) is 24.4. The molecule has 0 radical (unpaired) electrons. The van der Waals surface area contributed by atoms with E-state index in [2.05, 4.69) is 6.92 Å². The van der Waals surface area contributed by atoms with Crippen molar-refractivity contribution in [2.24, 2.45) is 0 Å². The van der Waals surface area contributed by atoms with Crippen molar-refractivity contribution in [2.75, 3.05) is 26.8 Å². The SMILES string of the molecule is CCCCOc1ccc(/C=C/C(=O)c2ccc(S(=O)(=O)N(C)CC(=O)O)cc2)cc1OCC. The van der Waals surface area contributed by atoms with Crippen LogP contribution in [0, 0.1) is 0 Å². The topological polar surface area (TPSA) is 110 Å². The number of allylic oxidation sites excluding steroid dienone is 1. The minimum absolute atomic E-state index is 0.0909. The van der Waals surface area contributed by atoms with Crippen molar-refractivity contribution in [2.45, 2.75) is 31.6 Å². The summed E-state index contributed by atoms with van der Waals surface area (Å²) in [5.41, 5.74) is 1.06. The highest BCUT2D eigenvalue weighted by atomic mass is 32.2. The Morgan fingerprint density at radius 2 is 1.73 bits per heavy atom. The molecule has 0 atom stereocenters. The van der Waals surface area contributed by atoms with Crippen LogP contribution in [0.2, 0.25) is 0 Å². The lowest BCUT2D eigenvalue weighted by atomic mass is 10.1. The van der Waals surface area contributed by atoms with E-state index in [-0.39, 0.29) is 10.7 Å². The molecular weight excluding hydrogens is 446 g/mol. The first-order valence-corrected chi connectivity index (χ1v) is 12.0. The van der Waals surface area contributed by atoms with E-state index in [0.717, 1.165) is 22.7 Å². The summed E-state index contributed by atoms with van der Waals surface area (Å²) in [7, 11) is -2.77. The van der Waals surface area contributed by atoms with Gasteiger partial charge in [-0.2, -0.15) is 4.31 Å². The quantitative estimate of drug-likeness (QED) is 0.266. The highest BCUT2D eigenvalue weighted by Crippen LogP contribution is 2.29. The van der Waals surface area contributed by atoms with Gasteiger partial charge in [-0.3, -0.25) is 9.59 Å². The van der Waals surface area contributed by atoms with Crippen LogP contribution in [-0.4, -0.2) is 56.4 Å². The van der Waals surface area contributed by atoms with Crippen molar-refractivity contribution < 1.29 is 32.6 Å². The highest BCUT2D eigenvalue weighted by Gasteiger charge is 2.22. The first kappa shape index (κ1) is 26.1. The summed E-state index contributed by atoms with van der Waals surface area (Å²) in [4.78, 5) is 23.2. The van der Waals surface area contributed by atoms with Crippen molar-refractivity contribution >= 4 is 27.9 Å². The second-order valence-electron chi connectivity index (χ2n) is 7.22. The molecule has 0 aliphatic heterocycles. The number of ketones is 1. The predicted octanol–water partition coefficient (Wildman–Crippen LogP) is 3.87. The lowest BCUT2D eigenvalue weighted by Gasteiger charge is -2.14. The number of ether oxygens (including phenoxy) is 2. The number of carbonyl (C=O) groups is 2. The van der Waals surface area contributed by atoms with E-state index in [1.54, 1.807) is 18.2 Å². The van der Waals surface area contributed by atoms with Crippen LogP contribution in [0.25, 0.3) is 6.08 Å². The number of benzene rings is 2. The number of aliphatic carboxylic acids is 1. The number of hydrogen-bond acceptors (Lipinski definition) is 6. The van der Waals surface area contributed by atoms with Crippen LogP contribution in [0.4, 0.5) is 0 Å². The molecule has 8 nitrogen and oxygen atoms in total. The Balaban J connectivity index is 2.13. The third-order valence-electron chi connectivity index (χ3n) is 4.66. The molecule has 2 rings (SSSR count). The van der Waals surface area contributed by atoms with Crippen LogP contribution in [0.15, 0.2) is 53.4 Å². The van der Waals surface area contributed by atoms with Crippen LogP contribution in [0.5, 0.6) is 11.5 Å². The van der Waals surface area contributed by atoms with Gasteiger partial charge in [0.2, 0.25) is 10.0 Å². The fourth-order valence-corrected chi connectivity index (χ4v) is 3.98. The second-order valence-corrected chi connectivity index (χ2v) is 9.26. The summed E-state index contributed by atoms with van der Waals surface area (Å²) >= 11 is 0. The first-order chi connectivity index (χ1) is 15.7. The van der Waals surface area contributed by atoms with E-state index in [0.29, 0.717) is 30.3 Å². The molecule has 0 unspecified atom stereocenters. The van der Waals surface area contributed by atoms with Gasteiger partial charge in [0.1, 0.15) is 6.54 Å². The summed E-state index contributed by atoms with van der Waals surface area (Å²) in [6.45, 7) is 4.39. The minimum atomic E-state index is -3.96. The van der Waals surface area contributed by atoms with Crippen LogP contribution < -0.4 is 9.47 Å². The molecule has 0 saturated heterocycles. The Bertz CT molecular complexity index is 1090. The van der Waals surface area contributed by atoms with Gasteiger partial charge in [-0.25, -0.2) is 8.42 Å². The van der Waals surface area contributed by atoms with E-state index in [9.17, 15) is 18.0 Å². The molecule has 178 valence electrons. The van der Waals surface area contributed by atoms with Gasteiger partial charge in [0.25, 0.3) is 0 Å². The van der Waals surface area contributed by atoms with Crippen LogP contribution in [0.3, 0.4) is 0 Å². The summed E-state index contributed by atoms with van der Waals surface area (Å²) in [5, 5.41) is 8.80. The number of carboxylic acids is 1. The Labute approximate surface area is 194 Å². The maximum Gasteiger partial charge on any atom is 0.318 e. The summed E-state index contributed by atoms with van der Waals surface area (Å²) in [5.74, 6) is -0.313. The number of nitrogens with zero attached hydrogens (tertiary/aromatic N) is 1. The smallest absolute Gasteiger partial charge is 0.318 e. The number of unbranched alkanes of at least 4 members (excludes halogenated alkanes) is 1. The standard InChI is InChI=1S/C24H29NO7S/c1-4-6-15-32-22-14-8-18(16-23(22)31-5-2)7-13-21(26)19-9-11-20(12-10-19)33(29,30)25(3)17-24(27)28/h7-14,16H,4-6,15,17H2,1-3H3,(H,27,28)/b13-7+. The van der Waals surface area contributed by atoms with Gasteiger partial charge < -0.3 is 14.6 Å². The molecule has 0 amide bonds. The van der Waals surface area contributed by atoms with E-state index >= 15 is 0 Å². The molecule has 0 spiro atoms. The number of carbonyl (C=O) groups excluding carboxylic acids is 1. The largest absolute Gasteiger partial charge is 0.490 e. The van der Waals surface area contributed by atoms with Gasteiger partial charge in [0.05, 0.1) is 18.1 Å². The molecule has 2 aromatic rings. The number of carboxylic acid groups (broad SMARTS) is 1. The molecule has 9 heteroatoms. The second kappa shape index (κ2) is 12.2. The number of rotatable bonds is 13. The van der Waals surface area contributed by atoms with Crippen molar-refractivity contribution in [3.63, 3.8) is 0 Å². The lowest BCUT2D eigenvalue weighted by Crippen LogP contribution is -2.32. The van der Waals surface area contributed by atoms with Crippen LogP contribution in [0.1, 0.15) is 42.6 Å². The Morgan fingerprint density at radius 3 is 2.33 bits per heavy atom. The zero-order valence-corrected chi connectivity index (χ0v) is 19.8. The third-order valence-corrected chi connectivity index (χ3v) is 6.47. The summed E-state index contributed by atoms with van der Waals surface area (Å²) in [6.07, 6.45) is 5.01. The molecule has 0 aromatic heterocycles. The first-order valence-electron chi connectivity index (χ1n) is 10.6. The molecule has 1 N–H and O–H groups in total. The summed E-state index contributed by atoms with van der Waals surface area (Å²) in [6, 6.07) is 10.8. The molecule has 33 heavy (non-hydrogen) atoms. The van der Waals surface area contributed by atoms with Gasteiger partial charge in [-0.15, -0.1) is 0 Å².